The predicted octanol–water partition coefficient (Wildman–Crippen LogP) is 4.10. The lowest BCUT2D eigenvalue weighted by Gasteiger charge is -2.41. The number of hydrogen-bond acceptors (Lipinski definition) is 1. The van der Waals surface area contributed by atoms with Crippen molar-refractivity contribution < 1.29 is 4.79 Å². The molecular formula is C16H19BrO. The van der Waals surface area contributed by atoms with Gasteiger partial charge < -0.3 is 0 Å². The van der Waals surface area contributed by atoms with Crippen LogP contribution in [-0.4, -0.2) is 10.6 Å². The quantitative estimate of drug-likeness (QED) is 0.714. The van der Waals surface area contributed by atoms with Crippen LogP contribution in [0.1, 0.15) is 39.2 Å². The second-order valence-electron chi connectivity index (χ2n) is 6.52. The van der Waals surface area contributed by atoms with Crippen molar-refractivity contribution >= 4 is 21.7 Å². The third-order valence-electron chi connectivity index (χ3n) is 6.01. The van der Waals surface area contributed by atoms with Crippen molar-refractivity contribution in [1.29, 1.82) is 0 Å². The number of hydrogen-bond donors (Lipinski definition) is 0. The topological polar surface area (TPSA) is 17.1 Å². The van der Waals surface area contributed by atoms with Gasteiger partial charge in [0.25, 0.3) is 0 Å². The summed E-state index contributed by atoms with van der Waals surface area (Å²) in [4.78, 5) is 12.6. The van der Waals surface area contributed by atoms with E-state index in [2.05, 4.69) is 61.0 Å². The molecule has 0 aliphatic heterocycles. The van der Waals surface area contributed by atoms with Gasteiger partial charge in [-0.15, -0.1) is 0 Å². The Hall–Kier alpha value is -0.630. The van der Waals surface area contributed by atoms with Gasteiger partial charge >= 0.3 is 0 Å². The summed E-state index contributed by atoms with van der Waals surface area (Å²) in [7, 11) is 0. The molecule has 2 fully saturated rings. The average Bonchev–Trinajstić information content (AvgIpc) is 2.63. The minimum atomic E-state index is -0.184. The monoisotopic (exact) mass is 306 g/mol. The average molecular weight is 307 g/mol. The first-order valence-electron chi connectivity index (χ1n) is 6.62. The Morgan fingerprint density at radius 3 is 2.22 bits per heavy atom. The summed E-state index contributed by atoms with van der Waals surface area (Å²) in [5, 5.41) is 0. The molecular weight excluding hydrogens is 288 g/mol. The number of carbonyl (C=O) groups excluding carboxylic acids is 1. The van der Waals surface area contributed by atoms with Crippen LogP contribution in [0, 0.1) is 10.8 Å². The highest BCUT2D eigenvalue weighted by Crippen LogP contribution is 2.72. The Bertz CT molecular complexity index is 507. The smallest absolute Gasteiger partial charge is 0.153 e. The molecule has 3 rings (SSSR count). The van der Waals surface area contributed by atoms with E-state index < -0.39 is 0 Å². The van der Waals surface area contributed by atoms with Gasteiger partial charge in [-0.25, -0.2) is 0 Å². The van der Waals surface area contributed by atoms with Gasteiger partial charge in [-0.1, -0.05) is 67.0 Å². The summed E-state index contributed by atoms with van der Waals surface area (Å²) in [6.45, 7) is 6.69. The van der Waals surface area contributed by atoms with Crippen molar-refractivity contribution in [2.75, 3.05) is 0 Å². The highest BCUT2D eigenvalue weighted by Gasteiger charge is 2.74. The second-order valence-corrected chi connectivity index (χ2v) is 7.44. The molecule has 1 nitrogen and oxygen atoms in total. The molecule has 2 bridgehead atoms. The number of rotatable bonds is 1. The van der Waals surface area contributed by atoms with Gasteiger partial charge in [0.1, 0.15) is 0 Å². The molecule has 2 aliphatic carbocycles. The summed E-state index contributed by atoms with van der Waals surface area (Å²) in [5.41, 5.74) is 1.09. The molecule has 0 radical (unpaired) electrons. The Morgan fingerprint density at radius 1 is 1.11 bits per heavy atom. The minimum Gasteiger partial charge on any atom is -0.298 e. The van der Waals surface area contributed by atoms with E-state index in [1.54, 1.807) is 0 Å². The number of fused-ring (bicyclic) bond motifs is 2. The van der Waals surface area contributed by atoms with Gasteiger partial charge in [-0.05, 0) is 23.8 Å². The van der Waals surface area contributed by atoms with Gasteiger partial charge in [0.2, 0.25) is 0 Å². The normalized spacial score (nSPS) is 41.3. The Labute approximate surface area is 117 Å². The summed E-state index contributed by atoms with van der Waals surface area (Å²) in [6, 6.07) is 10.6. The lowest BCUT2D eigenvalue weighted by Crippen LogP contribution is -2.41. The van der Waals surface area contributed by atoms with E-state index in [9.17, 15) is 4.79 Å². The summed E-state index contributed by atoms with van der Waals surface area (Å²) >= 11 is 3.72. The van der Waals surface area contributed by atoms with E-state index in [0.29, 0.717) is 5.78 Å². The fourth-order valence-corrected chi connectivity index (χ4v) is 5.90. The van der Waals surface area contributed by atoms with E-state index >= 15 is 0 Å². The van der Waals surface area contributed by atoms with Crippen LogP contribution < -0.4 is 0 Å². The number of ketones is 1. The zero-order chi connectivity index (χ0) is 13.2. The first-order valence-corrected chi connectivity index (χ1v) is 7.53. The van der Waals surface area contributed by atoms with Crippen molar-refractivity contribution in [1.82, 2.24) is 0 Å². The van der Waals surface area contributed by atoms with Crippen LogP contribution in [0.2, 0.25) is 0 Å². The van der Waals surface area contributed by atoms with Crippen LogP contribution in [0.5, 0.6) is 0 Å². The lowest BCUT2D eigenvalue weighted by atomic mass is 9.62. The fraction of sp³-hybridized carbons (Fsp3) is 0.562. The number of Topliss-reactive ketones (excluding diaryl/α,β-unsaturated/α-hetero) is 1. The highest BCUT2D eigenvalue weighted by atomic mass is 79.9. The van der Waals surface area contributed by atoms with Gasteiger partial charge in [0.05, 0.1) is 4.83 Å². The van der Waals surface area contributed by atoms with Crippen molar-refractivity contribution in [3.05, 3.63) is 35.9 Å². The molecule has 0 heterocycles. The number of alkyl halides is 1. The first-order chi connectivity index (χ1) is 8.38. The van der Waals surface area contributed by atoms with Gasteiger partial charge in [-0.2, -0.15) is 0 Å². The van der Waals surface area contributed by atoms with Crippen molar-refractivity contribution in [2.45, 2.75) is 43.9 Å². The molecule has 18 heavy (non-hydrogen) atoms. The minimum absolute atomic E-state index is 0.00655. The maximum atomic E-state index is 12.6. The van der Waals surface area contributed by atoms with Gasteiger partial charge in [-0.3, -0.25) is 4.79 Å². The maximum absolute atomic E-state index is 12.6. The van der Waals surface area contributed by atoms with E-state index in [-0.39, 0.29) is 21.1 Å². The maximum Gasteiger partial charge on any atom is 0.153 e. The summed E-state index contributed by atoms with van der Waals surface area (Å²) in [6.07, 6.45) is 2.11. The Balaban J connectivity index is 2.26. The van der Waals surface area contributed by atoms with Gasteiger partial charge in [0.15, 0.2) is 5.78 Å². The third-order valence-corrected chi connectivity index (χ3v) is 7.21. The molecule has 0 aromatic heterocycles. The largest absolute Gasteiger partial charge is 0.298 e. The number of benzene rings is 1. The molecule has 0 spiro atoms. The van der Waals surface area contributed by atoms with Crippen molar-refractivity contribution in [3.63, 3.8) is 0 Å². The lowest BCUT2D eigenvalue weighted by molar-refractivity contribution is -0.127. The third kappa shape index (κ3) is 1.07. The second kappa shape index (κ2) is 3.47. The van der Waals surface area contributed by atoms with Crippen LogP contribution in [0.4, 0.5) is 0 Å². The zero-order valence-corrected chi connectivity index (χ0v) is 12.8. The number of halogens is 1. The molecule has 2 saturated carbocycles. The van der Waals surface area contributed by atoms with Crippen LogP contribution >= 0.6 is 15.9 Å². The van der Waals surface area contributed by atoms with E-state index in [0.717, 1.165) is 12.8 Å². The van der Waals surface area contributed by atoms with Gasteiger partial charge in [0, 0.05) is 10.8 Å². The van der Waals surface area contributed by atoms with E-state index in [1.807, 2.05) is 6.07 Å². The molecule has 2 aliphatic rings. The highest BCUT2D eigenvalue weighted by molar-refractivity contribution is 9.10. The molecule has 3 atom stereocenters. The predicted molar refractivity (Wildman–Crippen MR) is 77.0 cm³/mol. The SMILES string of the molecule is CC1(C)[C@@]2(C)CC[C@]1(c1ccccc1)[C@@H](Br)C2=O. The van der Waals surface area contributed by atoms with E-state index in [1.165, 1.54) is 5.56 Å². The molecule has 0 amide bonds. The molecule has 96 valence electrons. The standard InChI is InChI=1S/C16H19BrO/c1-14(2)15(3)9-10-16(14,12(17)13(15)18)11-7-5-4-6-8-11/h4-8,12H,9-10H2,1-3H3/t12-,15-,16-/m0/s1. The van der Waals surface area contributed by atoms with Crippen molar-refractivity contribution in [3.8, 4) is 0 Å². The summed E-state index contributed by atoms with van der Waals surface area (Å²) in [5.74, 6) is 0.391. The van der Waals surface area contributed by atoms with Crippen LogP contribution in [0.3, 0.4) is 0 Å². The van der Waals surface area contributed by atoms with Crippen LogP contribution in [0.25, 0.3) is 0 Å². The Morgan fingerprint density at radius 2 is 1.72 bits per heavy atom. The first kappa shape index (κ1) is 12.4. The Kier molecular flexibility index (Phi) is 2.39. The van der Waals surface area contributed by atoms with E-state index in [4.69, 9.17) is 0 Å². The summed E-state index contributed by atoms with van der Waals surface area (Å²) < 4.78 is 0. The van der Waals surface area contributed by atoms with Crippen LogP contribution in [-0.2, 0) is 10.2 Å². The number of carbonyl (C=O) groups is 1. The zero-order valence-electron chi connectivity index (χ0n) is 11.2. The fourth-order valence-electron chi connectivity index (χ4n) is 4.33. The van der Waals surface area contributed by atoms with Crippen LogP contribution in [0.15, 0.2) is 30.3 Å². The van der Waals surface area contributed by atoms with Crippen molar-refractivity contribution in [2.24, 2.45) is 10.8 Å². The molecule has 0 unspecified atom stereocenters. The molecule has 1 aromatic carbocycles. The molecule has 2 heteroatoms. The molecule has 1 aromatic rings. The molecule has 0 saturated heterocycles. The molecule has 0 N–H and O–H groups in total.